The number of carboxylic acids is 1. The molecule has 1 aromatic carbocycles. The summed E-state index contributed by atoms with van der Waals surface area (Å²) in [5.74, 6) is -2.13. The standard InChI is InChI=1S/C13H11F3N2O2/c1-12(11(19)20,13(14,15)16)18-10-9-5-3-2-4-8(9)6-7-17-10/h2-7H,1H3,(H,17,18)(H,19,20). The predicted octanol–water partition coefficient (Wildman–Crippen LogP) is 3.05. The van der Waals surface area contributed by atoms with Crippen LogP contribution in [0.1, 0.15) is 6.92 Å². The van der Waals surface area contributed by atoms with Gasteiger partial charge in [0.1, 0.15) is 5.82 Å². The number of nitrogens with zero attached hydrogens (tertiary/aromatic N) is 1. The number of halogens is 3. The summed E-state index contributed by atoms with van der Waals surface area (Å²) in [5, 5.41) is 12.0. The maximum absolute atomic E-state index is 13.0. The van der Waals surface area contributed by atoms with Gasteiger partial charge in [-0.05, 0) is 18.4 Å². The number of alkyl halides is 3. The first kappa shape index (κ1) is 14.1. The van der Waals surface area contributed by atoms with Crippen molar-refractivity contribution in [3.63, 3.8) is 0 Å². The summed E-state index contributed by atoms with van der Waals surface area (Å²) in [5.41, 5.74) is -3.11. The highest BCUT2D eigenvalue weighted by Gasteiger charge is 2.58. The molecule has 7 heteroatoms. The molecule has 106 valence electrons. The first-order valence-corrected chi connectivity index (χ1v) is 5.68. The number of aromatic nitrogens is 1. The average molecular weight is 284 g/mol. The molecule has 1 heterocycles. The minimum absolute atomic E-state index is 0.120. The van der Waals surface area contributed by atoms with E-state index in [1.54, 1.807) is 30.3 Å². The molecule has 2 aromatic rings. The fraction of sp³-hybridized carbons (Fsp3) is 0.231. The molecule has 0 aliphatic rings. The molecule has 4 nitrogen and oxygen atoms in total. The van der Waals surface area contributed by atoms with Gasteiger partial charge in [-0.2, -0.15) is 13.2 Å². The number of carbonyl (C=O) groups is 1. The second-order valence-electron chi connectivity index (χ2n) is 4.43. The summed E-state index contributed by atoms with van der Waals surface area (Å²) in [6.45, 7) is 0.568. The quantitative estimate of drug-likeness (QED) is 0.909. The van der Waals surface area contributed by atoms with Gasteiger partial charge in [-0.25, -0.2) is 9.78 Å². The van der Waals surface area contributed by atoms with Crippen LogP contribution in [0.3, 0.4) is 0 Å². The molecule has 1 atom stereocenters. The number of hydrogen-bond donors (Lipinski definition) is 2. The third-order valence-corrected chi connectivity index (χ3v) is 3.04. The van der Waals surface area contributed by atoms with Crippen LogP contribution in [0.2, 0.25) is 0 Å². The number of carboxylic acid groups (broad SMARTS) is 1. The lowest BCUT2D eigenvalue weighted by Gasteiger charge is -2.29. The number of anilines is 1. The van der Waals surface area contributed by atoms with Crippen molar-refractivity contribution in [2.24, 2.45) is 0 Å². The highest BCUT2D eigenvalue weighted by atomic mass is 19.4. The lowest BCUT2D eigenvalue weighted by Crippen LogP contribution is -2.55. The van der Waals surface area contributed by atoms with Crippen molar-refractivity contribution in [3.8, 4) is 0 Å². The van der Waals surface area contributed by atoms with Gasteiger partial charge in [0.05, 0.1) is 0 Å². The van der Waals surface area contributed by atoms with Gasteiger partial charge >= 0.3 is 12.1 Å². The van der Waals surface area contributed by atoms with Crippen molar-refractivity contribution in [1.82, 2.24) is 4.98 Å². The molecule has 0 fully saturated rings. The van der Waals surface area contributed by atoms with Gasteiger partial charge in [-0.15, -0.1) is 0 Å². The number of fused-ring (bicyclic) bond motifs is 1. The van der Waals surface area contributed by atoms with Crippen LogP contribution in [0, 0.1) is 0 Å². The van der Waals surface area contributed by atoms with Gasteiger partial charge in [0, 0.05) is 11.6 Å². The fourth-order valence-corrected chi connectivity index (χ4v) is 1.70. The number of benzene rings is 1. The van der Waals surface area contributed by atoms with Gasteiger partial charge in [-0.1, -0.05) is 24.3 Å². The van der Waals surface area contributed by atoms with Crippen molar-refractivity contribution < 1.29 is 23.1 Å². The maximum Gasteiger partial charge on any atom is 0.422 e. The van der Waals surface area contributed by atoms with E-state index in [1.807, 2.05) is 5.32 Å². The van der Waals surface area contributed by atoms with Crippen molar-refractivity contribution in [2.75, 3.05) is 5.32 Å². The Bertz CT molecular complexity index is 652. The van der Waals surface area contributed by atoms with Crippen LogP contribution in [0.5, 0.6) is 0 Å². The molecule has 0 aliphatic heterocycles. The number of hydrogen-bond acceptors (Lipinski definition) is 3. The number of aliphatic carboxylic acids is 1. The fourth-order valence-electron chi connectivity index (χ4n) is 1.70. The first-order valence-electron chi connectivity index (χ1n) is 5.68. The van der Waals surface area contributed by atoms with E-state index in [1.165, 1.54) is 6.20 Å². The normalized spacial score (nSPS) is 14.8. The van der Waals surface area contributed by atoms with Crippen molar-refractivity contribution in [2.45, 2.75) is 18.6 Å². The van der Waals surface area contributed by atoms with Crippen LogP contribution in [0.25, 0.3) is 10.8 Å². The summed E-state index contributed by atoms with van der Waals surface area (Å²) in [4.78, 5) is 14.8. The van der Waals surface area contributed by atoms with E-state index in [0.717, 1.165) is 0 Å². The average Bonchev–Trinajstić information content (AvgIpc) is 2.37. The van der Waals surface area contributed by atoms with Crippen molar-refractivity contribution in [3.05, 3.63) is 36.5 Å². The Morgan fingerprint density at radius 2 is 1.90 bits per heavy atom. The molecule has 20 heavy (non-hydrogen) atoms. The Balaban J connectivity index is 2.53. The second-order valence-corrected chi connectivity index (χ2v) is 4.43. The minimum Gasteiger partial charge on any atom is -0.479 e. The van der Waals surface area contributed by atoms with Gasteiger partial charge < -0.3 is 10.4 Å². The highest BCUT2D eigenvalue weighted by molar-refractivity contribution is 5.94. The molecule has 0 spiro atoms. The summed E-state index contributed by atoms with van der Waals surface area (Å²) >= 11 is 0. The molecule has 0 amide bonds. The maximum atomic E-state index is 13.0. The Morgan fingerprint density at radius 3 is 2.50 bits per heavy atom. The largest absolute Gasteiger partial charge is 0.479 e. The summed E-state index contributed by atoms with van der Waals surface area (Å²) < 4.78 is 38.9. The molecule has 0 aliphatic carbocycles. The Hall–Kier alpha value is -2.31. The Labute approximate surface area is 112 Å². The number of rotatable bonds is 3. The number of nitrogens with one attached hydrogen (secondary N) is 1. The van der Waals surface area contributed by atoms with E-state index in [2.05, 4.69) is 4.98 Å². The summed E-state index contributed by atoms with van der Waals surface area (Å²) in [6.07, 6.45) is -3.64. The smallest absolute Gasteiger partial charge is 0.422 e. The van der Waals surface area contributed by atoms with E-state index < -0.39 is 17.7 Å². The lowest BCUT2D eigenvalue weighted by molar-refractivity contribution is -0.192. The van der Waals surface area contributed by atoms with Crippen molar-refractivity contribution >= 4 is 22.6 Å². The van der Waals surface area contributed by atoms with Crippen LogP contribution in [-0.4, -0.2) is 27.8 Å². The monoisotopic (exact) mass is 284 g/mol. The van der Waals surface area contributed by atoms with Crippen LogP contribution in [-0.2, 0) is 4.79 Å². The summed E-state index contributed by atoms with van der Waals surface area (Å²) in [6, 6.07) is 8.27. The molecule has 2 rings (SSSR count). The zero-order valence-electron chi connectivity index (χ0n) is 10.4. The van der Waals surface area contributed by atoms with Crippen LogP contribution in [0.15, 0.2) is 36.5 Å². The summed E-state index contributed by atoms with van der Waals surface area (Å²) in [7, 11) is 0. The van der Waals surface area contributed by atoms with Crippen LogP contribution in [0.4, 0.5) is 19.0 Å². The Kier molecular flexibility index (Phi) is 3.29. The van der Waals surface area contributed by atoms with Crippen LogP contribution < -0.4 is 5.32 Å². The SMILES string of the molecule is CC(Nc1nccc2ccccc12)(C(=O)O)C(F)(F)F. The van der Waals surface area contributed by atoms with E-state index in [0.29, 0.717) is 17.7 Å². The molecule has 2 N–H and O–H groups in total. The molecule has 1 unspecified atom stereocenters. The van der Waals surface area contributed by atoms with E-state index in [-0.39, 0.29) is 5.82 Å². The van der Waals surface area contributed by atoms with Gasteiger partial charge in [0.25, 0.3) is 0 Å². The molecule has 0 saturated heterocycles. The predicted molar refractivity (Wildman–Crippen MR) is 67.5 cm³/mol. The van der Waals surface area contributed by atoms with E-state index >= 15 is 0 Å². The van der Waals surface area contributed by atoms with Gasteiger partial charge in [0.2, 0.25) is 5.54 Å². The van der Waals surface area contributed by atoms with Crippen LogP contribution >= 0.6 is 0 Å². The molecule has 1 aromatic heterocycles. The lowest BCUT2D eigenvalue weighted by atomic mass is 10.0. The second kappa shape index (κ2) is 4.66. The third kappa shape index (κ3) is 2.26. The van der Waals surface area contributed by atoms with Crippen molar-refractivity contribution in [1.29, 1.82) is 0 Å². The zero-order valence-corrected chi connectivity index (χ0v) is 10.4. The molecule has 0 saturated carbocycles. The third-order valence-electron chi connectivity index (χ3n) is 3.04. The zero-order chi connectivity index (χ0) is 15.0. The van der Waals surface area contributed by atoms with Gasteiger partial charge in [-0.3, -0.25) is 0 Å². The van der Waals surface area contributed by atoms with E-state index in [4.69, 9.17) is 5.11 Å². The molecular formula is C13H11F3N2O2. The Morgan fingerprint density at radius 1 is 1.25 bits per heavy atom. The number of pyridine rings is 1. The van der Waals surface area contributed by atoms with E-state index in [9.17, 15) is 18.0 Å². The van der Waals surface area contributed by atoms with Gasteiger partial charge in [0.15, 0.2) is 0 Å². The minimum atomic E-state index is -4.96. The highest BCUT2D eigenvalue weighted by Crippen LogP contribution is 2.34. The molecule has 0 bridgehead atoms. The molecule has 0 radical (unpaired) electrons. The topological polar surface area (TPSA) is 62.2 Å². The first-order chi connectivity index (χ1) is 9.25. The molecular weight excluding hydrogens is 273 g/mol.